The second-order valence-corrected chi connectivity index (χ2v) is 7.11. The van der Waals surface area contributed by atoms with Crippen LogP contribution in [-0.2, 0) is 4.74 Å². The van der Waals surface area contributed by atoms with Gasteiger partial charge in [0.15, 0.2) is 5.82 Å². The molecule has 10 heteroatoms. The molecule has 0 fully saturated rings. The van der Waals surface area contributed by atoms with E-state index < -0.39 is 23.8 Å². The van der Waals surface area contributed by atoms with E-state index in [2.05, 4.69) is 15.3 Å². The van der Waals surface area contributed by atoms with E-state index in [9.17, 15) is 13.6 Å². The number of pyridine rings is 2. The van der Waals surface area contributed by atoms with E-state index in [0.29, 0.717) is 48.3 Å². The van der Waals surface area contributed by atoms with Crippen molar-refractivity contribution in [1.82, 2.24) is 9.97 Å². The third-order valence-corrected chi connectivity index (χ3v) is 4.68. The van der Waals surface area contributed by atoms with Crippen molar-refractivity contribution in [3.63, 3.8) is 0 Å². The molecule has 0 aliphatic heterocycles. The Morgan fingerprint density at radius 3 is 2.84 bits per heavy atom. The average molecular weight is 451 g/mol. The van der Waals surface area contributed by atoms with Crippen LogP contribution in [0.15, 0.2) is 36.5 Å². The topological polar surface area (TPSA) is 99.4 Å². The van der Waals surface area contributed by atoms with Crippen LogP contribution in [0.25, 0.3) is 11.0 Å². The average Bonchev–Trinajstić information content (AvgIpc) is 2.72. The number of anilines is 1. The summed E-state index contributed by atoms with van der Waals surface area (Å²) in [4.78, 5) is 19.1. The quantitative estimate of drug-likeness (QED) is 0.352. The van der Waals surface area contributed by atoms with E-state index in [-0.39, 0.29) is 10.8 Å². The number of primary amides is 1. The number of carbonyl (C=O) groups is 1. The van der Waals surface area contributed by atoms with Crippen LogP contribution in [0, 0.1) is 11.6 Å². The molecule has 31 heavy (non-hydrogen) atoms. The Hall–Kier alpha value is -3.20. The number of nitrogens with two attached hydrogens (primary N) is 1. The van der Waals surface area contributed by atoms with E-state index in [1.54, 1.807) is 19.1 Å². The Kier molecular flexibility index (Phi) is 7.41. The van der Waals surface area contributed by atoms with Crippen LogP contribution < -0.4 is 15.8 Å². The lowest BCUT2D eigenvalue weighted by Gasteiger charge is -2.17. The number of hydrogen-bond donors (Lipinski definition) is 2. The molecule has 3 N–H and O–H groups in total. The van der Waals surface area contributed by atoms with Crippen LogP contribution in [0.1, 0.15) is 31.4 Å². The Morgan fingerprint density at radius 2 is 2.06 bits per heavy atom. The molecule has 3 aromatic rings. The van der Waals surface area contributed by atoms with Crippen molar-refractivity contribution in [2.75, 3.05) is 18.5 Å². The Morgan fingerprint density at radius 1 is 1.26 bits per heavy atom. The first-order valence-corrected chi connectivity index (χ1v) is 9.96. The van der Waals surface area contributed by atoms with E-state index in [1.165, 1.54) is 18.2 Å². The summed E-state index contributed by atoms with van der Waals surface area (Å²) in [6.45, 7) is 2.36. The summed E-state index contributed by atoms with van der Waals surface area (Å²) in [7, 11) is 0. The molecular formula is C21H21ClF2N4O3. The van der Waals surface area contributed by atoms with Crippen molar-refractivity contribution in [1.29, 1.82) is 0 Å². The molecule has 1 atom stereocenters. The zero-order valence-electron chi connectivity index (χ0n) is 16.7. The lowest BCUT2D eigenvalue weighted by Crippen LogP contribution is -2.16. The van der Waals surface area contributed by atoms with Crippen molar-refractivity contribution in [3.8, 4) is 5.75 Å². The van der Waals surface area contributed by atoms with Gasteiger partial charge in [-0.2, -0.15) is 0 Å². The monoisotopic (exact) mass is 450 g/mol. The van der Waals surface area contributed by atoms with Crippen LogP contribution in [0.2, 0.25) is 5.15 Å². The van der Waals surface area contributed by atoms with Gasteiger partial charge in [-0.05, 0) is 50.1 Å². The van der Waals surface area contributed by atoms with E-state index in [0.717, 1.165) is 6.20 Å². The number of carbonyl (C=O) groups excluding carboxylic acids is 1. The number of aromatic nitrogens is 2. The minimum atomic E-state index is -0.958. The van der Waals surface area contributed by atoms with Gasteiger partial charge in [0, 0.05) is 12.1 Å². The fourth-order valence-electron chi connectivity index (χ4n) is 3.02. The molecular weight excluding hydrogens is 430 g/mol. The van der Waals surface area contributed by atoms with Gasteiger partial charge in [-0.25, -0.2) is 18.6 Å². The minimum Gasteiger partial charge on any atom is -0.493 e. The molecule has 0 aliphatic carbocycles. The lowest BCUT2D eigenvalue weighted by molar-refractivity contribution is 0.114. The van der Waals surface area contributed by atoms with Crippen LogP contribution >= 0.6 is 11.6 Å². The number of fused-ring (bicyclic) bond motifs is 1. The largest absolute Gasteiger partial charge is 0.493 e. The van der Waals surface area contributed by atoms with Crippen molar-refractivity contribution in [3.05, 3.63) is 58.9 Å². The molecule has 2 aromatic heterocycles. The van der Waals surface area contributed by atoms with Crippen LogP contribution in [-0.4, -0.2) is 29.2 Å². The second-order valence-electron chi connectivity index (χ2n) is 6.73. The molecule has 0 aliphatic rings. The third kappa shape index (κ3) is 5.91. The van der Waals surface area contributed by atoms with Crippen molar-refractivity contribution < 1.29 is 23.0 Å². The number of unbranched alkanes of at least 4 members (excludes halogenated alkanes) is 1. The normalized spacial score (nSPS) is 11.9. The predicted molar refractivity (Wildman–Crippen MR) is 113 cm³/mol. The minimum absolute atomic E-state index is 0.242. The second kappa shape index (κ2) is 10.2. The van der Waals surface area contributed by atoms with E-state index >= 15 is 0 Å². The van der Waals surface area contributed by atoms with Gasteiger partial charge in [0.25, 0.3) is 0 Å². The van der Waals surface area contributed by atoms with Crippen LogP contribution in [0.4, 0.5) is 19.3 Å². The highest BCUT2D eigenvalue weighted by Crippen LogP contribution is 2.29. The molecule has 1 aromatic carbocycles. The molecule has 2 heterocycles. The zero-order valence-corrected chi connectivity index (χ0v) is 17.5. The van der Waals surface area contributed by atoms with Crippen LogP contribution in [0.5, 0.6) is 5.75 Å². The van der Waals surface area contributed by atoms with Gasteiger partial charge in [0.05, 0.1) is 18.3 Å². The van der Waals surface area contributed by atoms with Crippen molar-refractivity contribution in [2.45, 2.75) is 25.9 Å². The summed E-state index contributed by atoms with van der Waals surface area (Å²) >= 11 is 5.91. The van der Waals surface area contributed by atoms with E-state index in [4.69, 9.17) is 26.8 Å². The Bertz CT molecular complexity index is 1080. The fourth-order valence-corrected chi connectivity index (χ4v) is 3.16. The van der Waals surface area contributed by atoms with Gasteiger partial charge in [-0.1, -0.05) is 11.6 Å². The Labute approximate surface area is 182 Å². The maximum absolute atomic E-state index is 14.2. The predicted octanol–water partition coefficient (Wildman–Crippen LogP) is 4.99. The maximum Gasteiger partial charge on any atom is 0.405 e. The standard InChI is InChI=1S/C21H21ClF2N4O3/c1-12(31-21(25)29)14-10-13(23)4-6-17(14)30-9-3-2-8-26-19-15(24)11-27-16-5-7-18(22)28-20(16)19/h4-7,10-12H,2-3,8-9H2,1H3,(H2,25,29)(H,26,27)/t12-/m1/s1. The summed E-state index contributed by atoms with van der Waals surface area (Å²) in [5.74, 6) is -0.599. The molecule has 0 unspecified atom stereocenters. The third-order valence-electron chi connectivity index (χ3n) is 4.47. The summed E-state index contributed by atoms with van der Waals surface area (Å²) < 4.78 is 38.4. The van der Waals surface area contributed by atoms with Gasteiger partial charge >= 0.3 is 6.09 Å². The van der Waals surface area contributed by atoms with Gasteiger partial charge in [0.2, 0.25) is 0 Å². The summed E-state index contributed by atoms with van der Waals surface area (Å²) in [5.41, 5.74) is 6.55. The maximum atomic E-state index is 14.2. The molecule has 0 saturated carbocycles. The molecule has 0 bridgehead atoms. The summed E-state index contributed by atoms with van der Waals surface area (Å²) in [6.07, 6.45) is 0.712. The summed E-state index contributed by atoms with van der Waals surface area (Å²) in [6, 6.07) is 7.23. The lowest BCUT2D eigenvalue weighted by atomic mass is 10.1. The molecule has 0 spiro atoms. The van der Waals surface area contributed by atoms with Crippen molar-refractivity contribution >= 4 is 34.4 Å². The molecule has 1 amide bonds. The number of nitrogens with one attached hydrogen (secondary N) is 1. The number of benzene rings is 1. The molecule has 3 rings (SSSR count). The number of rotatable bonds is 9. The van der Waals surface area contributed by atoms with E-state index in [1.807, 2.05) is 0 Å². The van der Waals surface area contributed by atoms with Gasteiger partial charge in [0.1, 0.15) is 34.0 Å². The molecule has 7 nitrogen and oxygen atoms in total. The highest BCUT2D eigenvalue weighted by atomic mass is 35.5. The Balaban J connectivity index is 1.54. The molecule has 0 radical (unpaired) electrons. The molecule has 164 valence electrons. The number of hydrogen-bond acceptors (Lipinski definition) is 6. The molecule has 0 saturated heterocycles. The fraction of sp³-hybridized carbons (Fsp3) is 0.286. The first-order valence-electron chi connectivity index (χ1n) is 9.58. The summed E-state index contributed by atoms with van der Waals surface area (Å²) in [5, 5.41) is 3.28. The van der Waals surface area contributed by atoms with Gasteiger partial charge in [-0.15, -0.1) is 0 Å². The highest BCUT2D eigenvalue weighted by Gasteiger charge is 2.16. The smallest absolute Gasteiger partial charge is 0.405 e. The first-order chi connectivity index (χ1) is 14.8. The zero-order chi connectivity index (χ0) is 22.4. The van der Waals surface area contributed by atoms with Crippen molar-refractivity contribution in [2.24, 2.45) is 5.73 Å². The van der Waals surface area contributed by atoms with Crippen LogP contribution in [0.3, 0.4) is 0 Å². The van der Waals surface area contributed by atoms with Gasteiger partial charge in [-0.3, -0.25) is 4.98 Å². The number of nitrogens with zero attached hydrogens (tertiary/aromatic N) is 2. The number of ether oxygens (including phenoxy) is 2. The van der Waals surface area contributed by atoms with Gasteiger partial charge < -0.3 is 20.5 Å². The SMILES string of the molecule is C[C@@H](OC(N)=O)c1cc(F)ccc1OCCCCNc1c(F)cnc2ccc(Cl)nc12. The highest BCUT2D eigenvalue weighted by molar-refractivity contribution is 6.29. The number of halogens is 3. The first kappa shape index (κ1) is 22.5. The number of amides is 1.